The number of ether oxygens (including phenoxy) is 1. The lowest BCUT2D eigenvalue weighted by atomic mass is 9.77. The van der Waals surface area contributed by atoms with Crippen molar-refractivity contribution in [3.05, 3.63) is 175 Å². The predicted molar refractivity (Wildman–Crippen MR) is 221 cm³/mol. The number of hydrogen-bond donors (Lipinski definition) is 1. The number of carbonyl (C=O) groups excluding carboxylic acids is 1. The summed E-state index contributed by atoms with van der Waals surface area (Å²) in [4.78, 5) is 18.5. The topological polar surface area (TPSA) is 73.5 Å². The fourth-order valence-corrected chi connectivity index (χ4v) is 8.48. The molecule has 0 atom stereocenters. The molecule has 4 aromatic heterocycles. The largest absolute Gasteiger partial charge is 0.444 e. The maximum atomic E-state index is 12.6. The van der Waals surface area contributed by atoms with Crippen LogP contribution in [0.1, 0.15) is 37.5 Å². The Morgan fingerprint density at radius 3 is 1.87 bits per heavy atom. The molecule has 0 aliphatic rings. The SMILES string of the molecule is CSc1ccc(-c2cnc3ccc(-c4cn(C(c5ccccc5)(c5ccccc5)c5ccccc5)nc4-c4ccc(NC(=O)OC(C)(C)C)cc4)cn23)s1. The van der Waals surface area contributed by atoms with Gasteiger partial charge in [-0.25, -0.2) is 9.78 Å². The number of rotatable bonds is 9. The molecule has 54 heavy (non-hydrogen) atoms. The van der Waals surface area contributed by atoms with E-state index in [1.807, 2.05) is 69.4 Å². The molecule has 1 N–H and O–H groups in total. The van der Waals surface area contributed by atoms with Crippen LogP contribution in [0.3, 0.4) is 0 Å². The number of carbonyl (C=O) groups is 1. The van der Waals surface area contributed by atoms with Crippen molar-refractivity contribution in [2.45, 2.75) is 36.1 Å². The zero-order chi connectivity index (χ0) is 37.3. The van der Waals surface area contributed by atoms with Crippen molar-refractivity contribution < 1.29 is 9.53 Å². The van der Waals surface area contributed by atoms with Crippen molar-refractivity contribution >= 4 is 40.5 Å². The average Bonchev–Trinajstić information content (AvgIpc) is 3.95. The molecule has 9 heteroatoms. The second-order valence-corrected chi connectivity index (χ2v) is 16.2. The average molecular weight is 746 g/mol. The Balaban J connectivity index is 1.35. The molecule has 4 aromatic carbocycles. The van der Waals surface area contributed by atoms with Gasteiger partial charge in [-0.1, -0.05) is 103 Å². The summed E-state index contributed by atoms with van der Waals surface area (Å²) in [7, 11) is 0. The predicted octanol–water partition coefficient (Wildman–Crippen LogP) is 11.5. The third-order valence-electron chi connectivity index (χ3n) is 9.29. The van der Waals surface area contributed by atoms with Gasteiger partial charge in [-0.2, -0.15) is 5.10 Å². The van der Waals surface area contributed by atoms with Gasteiger partial charge in [-0.15, -0.1) is 23.1 Å². The Labute approximate surface area is 323 Å². The van der Waals surface area contributed by atoms with Crippen molar-refractivity contribution in [2.75, 3.05) is 11.6 Å². The number of imidazole rings is 1. The molecule has 0 saturated carbocycles. The summed E-state index contributed by atoms with van der Waals surface area (Å²) in [6, 6.07) is 47.9. The van der Waals surface area contributed by atoms with E-state index in [9.17, 15) is 4.79 Å². The molecule has 0 saturated heterocycles. The first-order valence-electron chi connectivity index (χ1n) is 17.7. The molecule has 1 amide bonds. The van der Waals surface area contributed by atoms with E-state index in [1.54, 1.807) is 23.1 Å². The molecule has 0 fully saturated rings. The number of thiophene rings is 1. The molecule has 0 spiro atoms. The van der Waals surface area contributed by atoms with E-state index in [4.69, 9.17) is 14.8 Å². The van der Waals surface area contributed by atoms with Crippen molar-refractivity contribution in [1.82, 2.24) is 19.2 Å². The minimum Gasteiger partial charge on any atom is -0.444 e. The Bertz CT molecular complexity index is 2440. The zero-order valence-corrected chi connectivity index (χ0v) is 32.1. The number of nitrogens with one attached hydrogen (secondary N) is 1. The normalized spacial score (nSPS) is 11.9. The molecular formula is C45H39N5O2S2. The molecule has 4 heterocycles. The minimum absolute atomic E-state index is 0.501. The quantitative estimate of drug-likeness (QED) is 0.118. The molecule has 7 nitrogen and oxygen atoms in total. The second-order valence-electron chi connectivity index (χ2n) is 14.0. The summed E-state index contributed by atoms with van der Waals surface area (Å²) >= 11 is 3.51. The number of hydrogen-bond acceptors (Lipinski definition) is 6. The van der Waals surface area contributed by atoms with Gasteiger partial charge in [0, 0.05) is 34.8 Å². The lowest BCUT2D eigenvalue weighted by molar-refractivity contribution is 0.0636. The maximum absolute atomic E-state index is 12.6. The fourth-order valence-electron chi connectivity index (χ4n) is 6.93. The number of pyridine rings is 1. The smallest absolute Gasteiger partial charge is 0.412 e. The summed E-state index contributed by atoms with van der Waals surface area (Å²) < 4.78 is 11.0. The van der Waals surface area contributed by atoms with Crippen LogP contribution in [-0.4, -0.2) is 37.1 Å². The van der Waals surface area contributed by atoms with Crippen LogP contribution in [0.15, 0.2) is 162 Å². The van der Waals surface area contributed by atoms with Crippen LogP contribution in [-0.2, 0) is 10.3 Å². The molecule has 0 aliphatic carbocycles. The van der Waals surface area contributed by atoms with Crippen molar-refractivity contribution in [3.63, 3.8) is 0 Å². The van der Waals surface area contributed by atoms with Gasteiger partial charge < -0.3 is 4.74 Å². The van der Waals surface area contributed by atoms with Crippen molar-refractivity contribution in [1.29, 1.82) is 0 Å². The molecular weight excluding hydrogens is 707 g/mol. The zero-order valence-electron chi connectivity index (χ0n) is 30.4. The Morgan fingerprint density at radius 2 is 1.31 bits per heavy atom. The first kappa shape index (κ1) is 35.1. The number of anilines is 1. The molecule has 0 aliphatic heterocycles. The van der Waals surface area contributed by atoms with E-state index in [-0.39, 0.29) is 0 Å². The molecule has 268 valence electrons. The van der Waals surface area contributed by atoms with Crippen LogP contribution in [0.4, 0.5) is 10.5 Å². The third kappa shape index (κ3) is 6.72. The number of nitrogens with zero attached hydrogens (tertiary/aromatic N) is 4. The summed E-state index contributed by atoms with van der Waals surface area (Å²) in [5.74, 6) is 0. The number of aromatic nitrogens is 4. The first-order chi connectivity index (χ1) is 26.2. The van der Waals surface area contributed by atoms with Gasteiger partial charge in [0.25, 0.3) is 0 Å². The number of benzene rings is 4. The summed E-state index contributed by atoms with van der Waals surface area (Å²) in [6.07, 6.45) is 7.88. The molecule has 0 unspecified atom stereocenters. The number of thioether (sulfide) groups is 1. The van der Waals surface area contributed by atoms with Crippen LogP contribution in [0.5, 0.6) is 0 Å². The highest BCUT2D eigenvalue weighted by molar-refractivity contribution is 8.00. The third-order valence-corrected chi connectivity index (χ3v) is 11.5. The highest BCUT2D eigenvalue weighted by atomic mass is 32.2. The minimum atomic E-state index is -0.815. The van der Waals surface area contributed by atoms with Gasteiger partial charge in [0.05, 0.1) is 21.0 Å². The lowest BCUT2D eigenvalue weighted by Gasteiger charge is -2.36. The molecule has 0 radical (unpaired) electrons. The van der Waals surface area contributed by atoms with E-state index in [0.29, 0.717) is 5.69 Å². The summed E-state index contributed by atoms with van der Waals surface area (Å²) in [5.41, 5.74) is 7.99. The van der Waals surface area contributed by atoms with E-state index in [1.165, 1.54) is 4.21 Å². The van der Waals surface area contributed by atoms with Gasteiger partial charge in [-0.3, -0.25) is 14.4 Å². The monoisotopic (exact) mass is 745 g/mol. The van der Waals surface area contributed by atoms with E-state index in [0.717, 1.165) is 55.3 Å². The van der Waals surface area contributed by atoms with Crippen LogP contribution >= 0.6 is 23.1 Å². The Morgan fingerprint density at radius 1 is 0.722 bits per heavy atom. The highest BCUT2D eigenvalue weighted by Gasteiger charge is 2.40. The molecule has 8 rings (SSSR count). The van der Waals surface area contributed by atoms with E-state index < -0.39 is 17.2 Å². The Hall–Kier alpha value is -5.90. The number of amides is 1. The maximum Gasteiger partial charge on any atom is 0.412 e. The van der Waals surface area contributed by atoms with E-state index >= 15 is 0 Å². The van der Waals surface area contributed by atoms with Gasteiger partial charge in [0.2, 0.25) is 0 Å². The highest BCUT2D eigenvalue weighted by Crippen LogP contribution is 2.44. The van der Waals surface area contributed by atoms with Crippen molar-refractivity contribution in [3.8, 4) is 33.0 Å². The molecule has 0 bridgehead atoms. The second kappa shape index (κ2) is 14.5. The first-order valence-corrected chi connectivity index (χ1v) is 19.8. The van der Waals surface area contributed by atoms with Gasteiger partial charge >= 0.3 is 6.09 Å². The van der Waals surface area contributed by atoms with Gasteiger partial charge in [0.1, 0.15) is 22.5 Å². The Kier molecular flexibility index (Phi) is 9.43. The summed E-state index contributed by atoms with van der Waals surface area (Å²) in [6.45, 7) is 5.54. The summed E-state index contributed by atoms with van der Waals surface area (Å²) in [5, 5.41) is 8.40. The van der Waals surface area contributed by atoms with Crippen LogP contribution < -0.4 is 5.32 Å². The van der Waals surface area contributed by atoms with Gasteiger partial charge in [0.15, 0.2) is 0 Å². The molecule has 8 aromatic rings. The van der Waals surface area contributed by atoms with Crippen molar-refractivity contribution in [2.24, 2.45) is 0 Å². The fraction of sp³-hybridized carbons (Fsp3) is 0.133. The standard InChI is InChI=1S/C45H39N5O2S2/c1-44(2,3)52-43(51)47-36-23-20-31(21-24-36)42-37(32-22-26-40-46-28-38(49(40)29-32)39-25-27-41(53-4)54-39)30-50(48-42)45(33-14-8-5-9-15-33,34-16-10-6-11-17-34)35-18-12-7-13-19-35/h5-30H,1-4H3,(H,47,51). The van der Waals surface area contributed by atoms with E-state index in [2.05, 4.69) is 130 Å². The lowest BCUT2D eigenvalue weighted by Crippen LogP contribution is -2.38. The van der Waals surface area contributed by atoms with Crippen LogP contribution in [0.25, 0.3) is 38.6 Å². The number of fused-ring (bicyclic) bond motifs is 1. The van der Waals surface area contributed by atoms with Crippen LogP contribution in [0.2, 0.25) is 0 Å². The van der Waals surface area contributed by atoms with Crippen LogP contribution in [0, 0.1) is 0 Å². The van der Waals surface area contributed by atoms with Gasteiger partial charge in [-0.05, 0) is 80.1 Å².